The fourth-order valence-electron chi connectivity index (χ4n) is 6.09. The van der Waals surface area contributed by atoms with Crippen LogP contribution in [-0.2, 0) is 23.2 Å². The lowest BCUT2D eigenvalue weighted by Gasteiger charge is -2.43. The summed E-state index contributed by atoms with van der Waals surface area (Å²) in [4.78, 5) is 18.1. The van der Waals surface area contributed by atoms with Crippen molar-refractivity contribution < 1.29 is 14.3 Å². The van der Waals surface area contributed by atoms with E-state index in [1.165, 1.54) is 11.1 Å². The van der Waals surface area contributed by atoms with Crippen LogP contribution in [0.3, 0.4) is 0 Å². The molecule has 3 aromatic rings. The van der Waals surface area contributed by atoms with E-state index in [9.17, 15) is 9.90 Å². The minimum Gasteiger partial charge on any atom is -0.466 e. The minimum absolute atomic E-state index is 0.104. The molecule has 32 heavy (non-hydrogen) atoms. The largest absolute Gasteiger partial charge is 0.466 e. The van der Waals surface area contributed by atoms with Crippen LogP contribution in [0, 0.1) is 0 Å². The summed E-state index contributed by atoms with van der Waals surface area (Å²) in [5.41, 5.74) is 3.49. The first-order valence-corrected chi connectivity index (χ1v) is 11.6. The Bertz CT molecular complexity index is 1080. The van der Waals surface area contributed by atoms with Gasteiger partial charge in [0.1, 0.15) is 11.4 Å². The molecule has 0 saturated carbocycles. The van der Waals surface area contributed by atoms with Gasteiger partial charge in [-0.25, -0.2) is 0 Å². The summed E-state index contributed by atoms with van der Waals surface area (Å²) in [7, 11) is 0. The Hall–Kier alpha value is -2.89. The summed E-state index contributed by atoms with van der Waals surface area (Å²) >= 11 is 0. The minimum atomic E-state index is -0.934. The molecule has 2 atom stereocenters. The molecule has 0 spiro atoms. The summed E-state index contributed by atoms with van der Waals surface area (Å²) in [6, 6.07) is 20.6. The van der Waals surface area contributed by atoms with Gasteiger partial charge in [-0.3, -0.25) is 14.6 Å². The van der Waals surface area contributed by atoms with Gasteiger partial charge in [0.2, 0.25) is 5.91 Å². The number of anilines is 2. The van der Waals surface area contributed by atoms with Gasteiger partial charge in [-0.05, 0) is 73.9 Å². The molecule has 3 aliphatic rings. The van der Waals surface area contributed by atoms with Crippen LogP contribution in [0.4, 0.5) is 11.4 Å². The topological polar surface area (TPSA) is 56.9 Å². The van der Waals surface area contributed by atoms with Crippen LogP contribution >= 0.6 is 0 Å². The van der Waals surface area contributed by atoms with Crippen LogP contribution in [0.5, 0.6) is 0 Å². The predicted octanol–water partition coefficient (Wildman–Crippen LogP) is 4.56. The molecule has 2 saturated heterocycles. The maximum Gasteiger partial charge on any atom is 0.245 e. The number of para-hydroxylation sites is 2. The number of carbonyl (C=O) groups is 1. The van der Waals surface area contributed by atoms with Crippen molar-refractivity contribution in [3.05, 3.63) is 83.8 Å². The second kappa shape index (κ2) is 7.61. The van der Waals surface area contributed by atoms with Gasteiger partial charge in [0, 0.05) is 12.1 Å². The van der Waals surface area contributed by atoms with Crippen LogP contribution in [0.15, 0.2) is 71.3 Å². The second-order valence-electron chi connectivity index (χ2n) is 9.46. The standard InChI is InChI=1S/C27H28N2O3/c30-26(18-28-21-13-14-22(28)17-27(31,16-21)25-10-5-15-32-25)29-23-8-3-1-6-19(23)11-12-20-7-2-4-9-24(20)29/h1-10,15,21-22,31H,11-14,16-18H2/t21-,22-/m0/s1. The summed E-state index contributed by atoms with van der Waals surface area (Å²) < 4.78 is 5.56. The number of hydrogen-bond donors (Lipinski definition) is 1. The molecule has 2 aromatic carbocycles. The monoisotopic (exact) mass is 428 g/mol. The van der Waals surface area contributed by atoms with Crippen molar-refractivity contribution in [2.24, 2.45) is 0 Å². The van der Waals surface area contributed by atoms with Gasteiger partial charge in [0.25, 0.3) is 0 Å². The van der Waals surface area contributed by atoms with E-state index >= 15 is 0 Å². The average molecular weight is 429 g/mol. The number of amides is 1. The van der Waals surface area contributed by atoms with Gasteiger partial charge in [-0.1, -0.05) is 36.4 Å². The van der Waals surface area contributed by atoms with Crippen LogP contribution in [0.2, 0.25) is 0 Å². The zero-order valence-corrected chi connectivity index (χ0v) is 18.1. The van der Waals surface area contributed by atoms with E-state index in [1.54, 1.807) is 6.26 Å². The molecule has 3 aliphatic heterocycles. The van der Waals surface area contributed by atoms with Crippen molar-refractivity contribution in [2.45, 2.75) is 56.2 Å². The number of furan rings is 1. The zero-order chi connectivity index (χ0) is 21.7. The van der Waals surface area contributed by atoms with Crippen molar-refractivity contribution in [2.75, 3.05) is 11.4 Å². The van der Waals surface area contributed by atoms with Crippen LogP contribution in [-0.4, -0.2) is 34.5 Å². The number of fused-ring (bicyclic) bond motifs is 4. The molecule has 164 valence electrons. The molecule has 1 aromatic heterocycles. The summed E-state index contributed by atoms with van der Waals surface area (Å²) in [5.74, 6) is 0.753. The number of nitrogens with zero attached hydrogens (tertiary/aromatic N) is 2. The smallest absolute Gasteiger partial charge is 0.245 e. The predicted molar refractivity (Wildman–Crippen MR) is 123 cm³/mol. The Labute approximate surface area is 188 Å². The number of rotatable bonds is 3. The highest BCUT2D eigenvalue weighted by atomic mass is 16.4. The molecule has 2 fully saturated rings. The van der Waals surface area contributed by atoms with Crippen LogP contribution < -0.4 is 4.90 Å². The molecule has 5 heteroatoms. The first-order chi connectivity index (χ1) is 15.6. The fourth-order valence-corrected chi connectivity index (χ4v) is 6.09. The fraction of sp³-hybridized carbons (Fsp3) is 0.370. The van der Waals surface area contributed by atoms with Crippen molar-refractivity contribution in [1.82, 2.24) is 4.90 Å². The Balaban J connectivity index is 1.30. The van der Waals surface area contributed by atoms with E-state index in [0.29, 0.717) is 25.1 Å². The Morgan fingerprint density at radius 2 is 1.50 bits per heavy atom. The van der Waals surface area contributed by atoms with Gasteiger partial charge in [-0.2, -0.15) is 0 Å². The zero-order valence-electron chi connectivity index (χ0n) is 18.1. The quantitative estimate of drug-likeness (QED) is 0.665. The molecular weight excluding hydrogens is 400 g/mol. The third kappa shape index (κ3) is 3.19. The molecule has 5 nitrogen and oxygen atoms in total. The number of carbonyl (C=O) groups excluding carboxylic acids is 1. The summed E-state index contributed by atoms with van der Waals surface area (Å²) in [6.07, 6.45) is 6.72. The molecule has 0 radical (unpaired) electrons. The van der Waals surface area contributed by atoms with E-state index in [2.05, 4.69) is 41.3 Å². The van der Waals surface area contributed by atoms with Gasteiger partial charge < -0.3 is 9.52 Å². The van der Waals surface area contributed by atoms with E-state index in [0.717, 1.165) is 37.1 Å². The lowest BCUT2D eigenvalue weighted by molar-refractivity contribution is -0.123. The van der Waals surface area contributed by atoms with E-state index in [-0.39, 0.29) is 18.0 Å². The Morgan fingerprint density at radius 1 is 0.906 bits per heavy atom. The first-order valence-electron chi connectivity index (χ1n) is 11.6. The SMILES string of the molecule is O=C(CN1[C@H]2CC[C@H]1CC(O)(c1ccco1)C2)N1c2ccccc2CCc2ccccc21. The van der Waals surface area contributed by atoms with Crippen LogP contribution in [0.25, 0.3) is 0 Å². The Morgan fingerprint density at radius 3 is 2.06 bits per heavy atom. The second-order valence-corrected chi connectivity index (χ2v) is 9.46. The highest BCUT2D eigenvalue weighted by Crippen LogP contribution is 2.46. The highest BCUT2D eigenvalue weighted by molar-refractivity contribution is 6.03. The van der Waals surface area contributed by atoms with Crippen molar-refractivity contribution >= 4 is 17.3 Å². The number of benzene rings is 2. The van der Waals surface area contributed by atoms with Crippen molar-refractivity contribution in [1.29, 1.82) is 0 Å². The number of piperidine rings is 1. The van der Waals surface area contributed by atoms with Gasteiger partial charge in [0.15, 0.2) is 0 Å². The van der Waals surface area contributed by atoms with Crippen molar-refractivity contribution in [3.8, 4) is 0 Å². The van der Waals surface area contributed by atoms with Gasteiger partial charge in [-0.15, -0.1) is 0 Å². The van der Waals surface area contributed by atoms with E-state index < -0.39 is 5.60 Å². The van der Waals surface area contributed by atoms with Gasteiger partial charge >= 0.3 is 0 Å². The molecule has 1 amide bonds. The van der Waals surface area contributed by atoms with Gasteiger partial charge in [0.05, 0.1) is 24.2 Å². The van der Waals surface area contributed by atoms with E-state index in [4.69, 9.17) is 4.42 Å². The molecule has 6 rings (SSSR count). The first kappa shape index (κ1) is 19.8. The molecule has 0 unspecified atom stereocenters. The van der Waals surface area contributed by atoms with Crippen LogP contribution in [0.1, 0.15) is 42.6 Å². The normalized spacial score (nSPS) is 27.0. The lowest BCUT2D eigenvalue weighted by Crippen LogP contribution is -2.52. The maximum atomic E-state index is 13.9. The molecular formula is C27H28N2O3. The maximum absolute atomic E-state index is 13.9. The number of aryl methyl sites for hydroxylation is 2. The van der Waals surface area contributed by atoms with E-state index in [1.807, 2.05) is 29.2 Å². The Kier molecular flexibility index (Phi) is 4.70. The van der Waals surface area contributed by atoms with Crippen molar-refractivity contribution in [3.63, 3.8) is 0 Å². The molecule has 4 heterocycles. The number of hydrogen-bond acceptors (Lipinski definition) is 4. The molecule has 0 aliphatic carbocycles. The third-order valence-electron chi connectivity index (χ3n) is 7.59. The highest BCUT2D eigenvalue weighted by Gasteiger charge is 2.50. The molecule has 2 bridgehead atoms. The lowest BCUT2D eigenvalue weighted by atomic mass is 9.84. The third-order valence-corrected chi connectivity index (χ3v) is 7.59. The number of aliphatic hydroxyl groups is 1. The molecule has 1 N–H and O–H groups in total. The average Bonchev–Trinajstić information content (AvgIpc) is 3.38. The summed E-state index contributed by atoms with van der Waals surface area (Å²) in [5, 5.41) is 11.3. The summed E-state index contributed by atoms with van der Waals surface area (Å²) in [6.45, 7) is 0.367.